The highest BCUT2D eigenvalue weighted by atomic mass is 32.2. The first-order chi connectivity index (χ1) is 15.5. The van der Waals surface area contributed by atoms with E-state index in [4.69, 9.17) is 5.11 Å². The molecule has 2 heterocycles. The van der Waals surface area contributed by atoms with Crippen LogP contribution in [0.25, 0.3) is 27.8 Å². The van der Waals surface area contributed by atoms with Crippen molar-refractivity contribution in [2.24, 2.45) is 11.4 Å². The Labute approximate surface area is 186 Å². The molecule has 1 N–H and O–H groups in total. The van der Waals surface area contributed by atoms with E-state index in [1.54, 1.807) is 23.7 Å². The first kappa shape index (κ1) is 22.9. The van der Waals surface area contributed by atoms with Crippen molar-refractivity contribution in [1.82, 2.24) is 19.6 Å². The number of nitrogens with zero attached hydrogens (tertiary/aromatic N) is 5. The third-order valence-corrected chi connectivity index (χ3v) is 6.66. The highest BCUT2D eigenvalue weighted by Crippen LogP contribution is 2.33. The molecule has 1 unspecified atom stereocenters. The maximum absolute atomic E-state index is 13.0. The van der Waals surface area contributed by atoms with E-state index in [9.17, 15) is 22.2 Å². The summed E-state index contributed by atoms with van der Waals surface area (Å²) < 4.78 is 56.9. The standard InChI is InChI=1S/C21H20F3N5O3S/c1-28-25-18-16-12-13(20(31)27-33(2,32)11-3-10-30)4-9-17(16)29(19(18)26-28)15-7-5-14(6-8-15)21(22,23)24/h4-9,12,30H,3,10-11H2,1-2H3. The maximum Gasteiger partial charge on any atom is 0.416 e. The van der Waals surface area contributed by atoms with Gasteiger partial charge in [0.25, 0.3) is 5.91 Å². The van der Waals surface area contributed by atoms with Gasteiger partial charge in [-0.25, -0.2) is 4.21 Å². The van der Waals surface area contributed by atoms with Crippen LogP contribution in [0.1, 0.15) is 22.3 Å². The van der Waals surface area contributed by atoms with Crippen molar-refractivity contribution in [2.45, 2.75) is 12.6 Å². The summed E-state index contributed by atoms with van der Waals surface area (Å²) in [6.07, 6.45) is -2.82. The van der Waals surface area contributed by atoms with Gasteiger partial charge in [0.15, 0.2) is 5.65 Å². The zero-order chi connectivity index (χ0) is 24.0. The molecular weight excluding hydrogens is 459 g/mol. The topological polar surface area (TPSA) is 102 Å². The number of benzene rings is 2. The summed E-state index contributed by atoms with van der Waals surface area (Å²) in [5.74, 6) is -0.572. The number of amides is 1. The van der Waals surface area contributed by atoms with Crippen LogP contribution in [0.5, 0.6) is 0 Å². The molecule has 2 aromatic carbocycles. The Bertz CT molecular complexity index is 1480. The lowest BCUT2D eigenvalue weighted by atomic mass is 10.1. The normalized spacial score (nSPS) is 14.0. The zero-order valence-electron chi connectivity index (χ0n) is 17.7. The number of carbonyl (C=O) groups excluding carboxylic acids is 1. The molecule has 0 aliphatic carbocycles. The average molecular weight is 479 g/mol. The van der Waals surface area contributed by atoms with Crippen molar-refractivity contribution in [3.8, 4) is 5.69 Å². The van der Waals surface area contributed by atoms with Gasteiger partial charge in [-0.2, -0.15) is 27.4 Å². The number of carbonyl (C=O) groups is 1. The van der Waals surface area contributed by atoms with Crippen LogP contribution in [0.15, 0.2) is 46.8 Å². The Balaban J connectivity index is 1.84. The number of hydrogen-bond acceptors (Lipinski definition) is 5. The van der Waals surface area contributed by atoms with Crippen molar-refractivity contribution in [1.29, 1.82) is 0 Å². The Hall–Kier alpha value is -3.25. The molecule has 0 spiro atoms. The van der Waals surface area contributed by atoms with E-state index >= 15 is 0 Å². The monoisotopic (exact) mass is 479 g/mol. The maximum atomic E-state index is 13.0. The molecule has 0 aliphatic heterocycles. The molecule has 0 bridgehead atoms. The number of aryl methyl sites for hydroxylation is 1. The Morgan fingerprint density at radius 2 is 1.85 bits per heavy atom. The van der Waals surface area contributed by atoms with Crippen molar-refractivity contribution >= 4 is 37.7 Å². The molecule has 12 heteroatoms. The molecule has 174 valence electrons. The number of rotatable bonds is 5. The average Bonchev–Trinajstić information content (AvgIpc) is 3.25. The lowest BCUT2D eigenvalue weighted by Gasteiger charge is -2.10. The third kappa shape index (κ3) is 4.48. The summed E-state index contributed by atoms with van der Waals surface area (Å²) in [5.41, 5.74) is 1.34. The molecule has 1 atom stereocenters. The van der Waals surface area contributed by atoms with E-state index in [1.807, 2.05) is 0 Å². The molecule has 8 nitrogen and oxygen atoms in total. The summed E-state index contributed by atoms with van der Waals surface area (Å²) in [6.45, 7) is -0.150. The van der Waals surface area contributed by atoms with E-state index in [2.05, 4.69) is 14.6 Å². The van der Waals surface area contributed by atoms with Crippen LogP contribution in [0.4, 0.5) is 13.2 Å². The molecule has 33 heavy (non-hydrogen) atoms. The van der Waals surface area contributed by atoms with Crippen molar-refractivity contribution < 1.29 is 27.3 Å². The van der Waals surface area contributed by atoms with Gasteiger partial charge in [-0.15, -0.1) is 5.10 Å². The van der Waals surface area contributed by atoms with Gasteiger partial charge in [0.05, 0.1) is 20.8 Å². The molecule has 1 amide bonds. The predicted molar refractivity (Wildman–Crippen MR) is 118 cm³/mol. The molecular formula is C21H20F3N5O3S. The number of hydrogen-bond donors (Lipinski definition) is 1. The second-order valence-electron chi connectivity index (χ2n) is 7.61. The summed E-state index contributed by atoms with van der Waals surface area (Å²) >= 11 is 0. The molecule has 0 radical (unpaired) electrons. The van der Waals surface area contributed by atoms with Crippen molar-refractivity contribution in [3.05, 3.63) is 53.6 Å². The second kappa shape index (κ2) is 8.27. The third-order valence-electron chi connectivity index (χ3n) is 5.06. The summed E-state index contributed by atoms with van der Waals surface area (Å²) in [6, 6.07) is 9.37. The van der Waals surface area contributed by atoms with Gasteiger partial charge in [0.1, 0.15) is 5.52 Å². The molecule has 4 aromatic rings. The van der Waals surface area contributed by atoms with Crippen LogP contribution in [-0.2, 0) is 23.0 Å². The fraction of sp³-hybridized carbons (Fsp3) is 0.286. The minimum atomic E-state index is -4.45. The lowest BCUT2D eigenvalue weighted by molar-refractivity contribution is -0.137. The first-order valence-electron chi connectivity index (χ1n) is 9.88. The SMILES string of the molecule is Cn1nc2c3cc(C(=O)N=S(C)(=O)CCCO)ccc3n(-c3ccc(C(F)(F)F)cc3)c2n1. The summed E-state index contributed by atoms with van der Waals surface area (Å²) in [7, 11) is -1.19. The first-order valence-corrected chi connectivity index (χ1v) is 12.0. The largest absolute Gasteiger partial charge is 0.416 e. The fourth-order valence-corrected chi connectivity index (χ4v) is 4.77. The van der Waals surface area contributed by atoms with Gasteiger partial charge < -0.3 is 5.11 Å². The smallest absolute Gasteiger partial charge is 0.396 e. The van der Waals surface area contributed by atoms with E-state index in [0.717, 1.165) is 12.1 Å². The number of alkyl halides is 3. The molecule has 0 saturated carbocycles. The van der Waals surface area contributed by atoms with Gasteiger partial charge >= 0.3 is 6.18 Å². The fourth-order valence-electron chi connectivity index (χ4n) is 3.56. The zero-order valence-corrected chi connectivity index (χ0v) is 18.5. The molecule has 0 aliphatic rings. The van der Waals surface area contributed by atoms with Gasteiger partial charge in [-0.05, 0) is 48.9 Å². The van der Waals surface area contributed by atoms with E-state index in [-0.39, 0.29) is 24.3 Å². The number of aliphatic hydroxyl groups is 1. The van der Waals surface area contributed by atoms with Crippen molar-refractivity contribution in [3.63, 3.8) is 0 Å². The molecule has 0 saturated heterocycles. The van der Waals surface area contributed by atoms with E-state index in [1.165, 1.54) is 29.3 Å². The van der Waals surface area contributed by atoms with Gasteiger partial charge in [0.2, 0.25) is 0 Å². The highest BCUT2D eigenvalue weighted by molar-refractivity contribution is 7.93. The quantitative estimate of drug-likeness (QED) is 0.472. The summed E-state index contributed by atoms with van der Waals surface area (Å²) in [4.78, 5) is 14.0. The van der Waals surface area contributed by atoms with Crippen LogP contribution in [0.3, 0.4) is 0 Å². The Morgan fingerprint density at radius 3 is 2.48 bits per heavy atom. The van der Waals surface area contributed by atoms with Crippen molar-refractivity contribution in [2.75, 3.05) is 18.6 Å². The minimum absolute atomic E-state index is 0.0934. The predicted octanol–water partition coefficient (Wildman–Crippen LogP) is 3.55. The minimum Gasteiger partial charge on any atom is -0.396 e. The van der Waals surface area contributed by atoms with Crippen LogP contribution < -0.4 is 0 Å². The Kier molecular flexibility index (Phi) is 5.74. The van der Waals surface area contributed by atoms with Crippen LogP contribution in [-0.4, -0.2) is 53.4 Å². The van der Waals surface area contributed by atoms with Crippen LogP contribution >= 0.6 is 0 Å². The molecule has 0 fully saturated rings. The van der Waals surface area contributed by atoms with E-state index < -0.39 is 27.4 Å². The summed E-state index contributed by atoms with van der Waals surface area (Å²) in [5, 5.41) is 18.2. The van der Waals surface area contributed by atoms with Crippen LogP contribution in [0, 0.1) is 0 Å². The Morgan fingerprint density at radius 1 is 1.15 bits per heavy atom. The van der Waals surface area contributed by atoms with Gasteiger partial charge in [-0.3, -0.25) is 9.36 Å². The van der Waals surface area contributed by atoms with Gasteiger partial charge in [-0.1, -0.05) is 0 Å². The number of aromatic nitrogens is 4. The molecule has 2 aromatic heterocycles. The highest BCUT2D eigenvalue weighted by Gasteiger charge is 2.30. The lowest BCUT2D eigenvalue weighted by Crippen LogP contribution is -2.08. The number of fused-ring (bicyclic) bond motifs is 3. The van der Waals surface area contributed by atoms with Crippen LogP contribution in [0.2, 0.25) is 0 Å². The van der Waals surface area contributed by atoms with E-state index in [0.29, 0.717) is 27.8 Å². The molecule has 4 rings (SSSR count). The number of aliphatic hydroxyl groups excluding tert-OH is 1. The number of halogens is 3. The van der Waals surface area contributed by atoms with Gasteiger partial charge in [0, 0.05) is 42.3 Å². The second-order valence-corrected chi connectivity index (χ2v) is 10.1.